The molecule has 3 fully saturated rings. The van der Waals surface area contributed by atoms with Crippen LogP contribution in [-0.2, 0) is 11.3 Å². The van der Waals surface area contributed by atoms with Crippen LogP contribution in [0.5, 0.6) is 0 Å². The van der Waals surface area contributed by atoms with Crippen molar-refractivity contribution in [3.63, 3.8) is 0 Å². The van der Waals surface area contributed by atoms with E-state index in [0.717, 1.165) is 64.0 Å². The van der Waals surface area contributed by atoms with Crippen molar-refractivity contribution in [1.29, 1.82) is 0 Å². The fraction of sp³-hybridized carbons (Fsp3) is 0.708. The summed E-state index contributed by atoms with van der Waals surface area (Å²) in [5.41, 5.74) is 2.56. The number of ether oxygens (including phenoxy) is 1. The first-order valence-corrected chi connectivity index (χ1v) is 12.2. The highest BCUT2D eigenvalue weighted by molar-refractivity contribution is 5.28. The van der Waals surface area contributed by atoms with Gasteiger partial charge in [0.15, 0.2) is 5.82 Å². The number of aryl methyl sites for hydroxylation is 1. The average molecular weight is 425 g/mol. The fourth-order valence-electron chi connectivity index (χ4n) is 5.60. The third kappa shape index (κ3) is 4.83. The molecule has 0 bridgehead atoms. The minimum Gasteiger partial charge on any atom is -0.376 e. The average Bonchev–Trinajstić information content (AvgIpc) is 3.49. The molecule has 3 heterocycles. The smallest absolute Gasteiger partial charge is 0.173 e. The van der Waals surface area contributed by atoms with Crippen LogP contribution in [-0.4, -0.2) is 74.9 Å². The largest absolute Gasteiger partial charge is 0.376 e. The molecule has 0 unspecified atom stereocenters. The van der Waals surface area contributed by atoms with Gasteiger partial charge in [-0.3, -0.25) is 9.80 Å². The maximum absolute atomic E-state index is 5.87. The molecule has 0 N–H and O–H groups in total. The molecule has 2 atom stereocenters. The van der Waals surface area contributed by atoms with Gasteiger partial charge in [-0.15, -0.1) is 5.10 Å². The lowest BCUT2D eigenvalue weighted by molar-refractivity contribution is 0.0595. The van der Waals surface area contributed by atoms with Crippen LogP contribution in [0.25, 0.3) is 0 Å². The molecule has 5 rings (SSSR count). The second kappa shape index (κ2) is 9.76. The van der Waals surface area contributed by atoms with Crippen LogP contribution in [0.3, 0.4) is 0 Å². The molecule has 7 heteroatoms. The molecular weight excluding hydrogens is 388 g/mol. The van der Waals surface area contributed by atoms with Crippen molar-refractivity contribution in [3.05, 3.63) is 41.2 Å². The Morgan fingerprint density at radius 3 is 2.45 bits per heavy atom. The molecule has 2 saturated heterocycles. The lowest BCUT2D eigenvalue weighted by Gasteiger charge is -2.43. The molecule has 3 aliphatic rings. The number of piperazine rings is 1. The maximum Gasteiger partial charge on any atom is 0.173 e. The molecule has 1 aromatic carbocycles. The summed E-state index contributed by atoms with van der Waals surface area (Å²) in [6.07, 6.45) is 9.41. The molecule has 1 saturated carbocycles. The number of benzene rings is 1. The zero-order chi connectivity index (χ0) is 21.0. The summed E-state index contributed by atoms with van der Waals surface area (Å²) in [6, 6.07) is 9.78. The number of nitrogens with zero attached hydrogens (tertiary/aromatic N) is 6. The monoisotopic (exact) mass is 424 g/mol. The van der Waals surface area contributed by atoms with E-state index in [1.165, 1.54) is 43.2 Å². The minimum atomic E-state index is 0.0884. The first kappa shape index (κ1) is 21.0. The first-order chi connectivity index (χ1) is 15.3. The van der Waals surface area contributed by atoms with Crippen LogP contribution in [0.1, 0.15) is 67.9 Å². The van der Waals surface area contributed by atoms with Gasteiger partial charge in [0.05, 0.1) is 18.7 Å². The number of rotatable bonds is 6. The minimum absolute atomic E-state index is 0.0884. The van der Waals surface area contributed by atoms with Crippen LogP contribution in [0.2, 0.25) is 0 Å². The lowest BCUT2D eigenvalue weighted by Crippen LogP contribution is -2.52. The van der Waals surface area contributed by atoms with Crippen molar-refractivity contribution in [2.45, 2.75) is 76.6 Å². The highest BCUT2D eigenvalue weighted by Gasteiger charge is 2.33. The summed E-state index contributed by atoms with van der Waals surface area (Å²) in [4.78, 5) is 5.32. The van der Waals surface area contributed by atoms with Crippen molar-refractivity contribution in [3.8, 4) is 0 Å². The van der Waals surface area contributed by atoms with Crippen LogP contribution >= 0.6 is 0 Å². The summed E-state index contributed by atoms with van der Waals surface area (Å²) in [5, 5.41) is 13.0. The van der Waals surface area contributed by atoms with Crippen molar-refractivity contribution in [1.82, 2.24) is 30.0 Å². The van der Waals surface area contributed by atoms with Gasteiger partial charge in [0, 0.05) is 38.8 Å². The predicted molar refractivity (Wildman–Crippen MR) is 120 cm³/mol. The van der Waals surface area contributed by atoms with Gasteiger partial charge in [0.2, 0.25) is 0 Å². The molecule has 0 spiro atoms. The summed E-state index contributed by atoms with van der Waals surface area (Å²) in [7, 11) is 0. The molecule has 0 radical (unpaired) electrons. The van der Waals surface area contributed by atoms with Gasteiger partial charge < -0.3 is 4.74 Å². The Morgan fingerprint density at radius 1 is 0.968 bits per heavy atom. The number of hydrogen-bond acceptors (Lipinski definition) is 6. The maximum atomic E-state index is 5.87. The summed E-state index contributed by atoms with van der Waals surface area (Å²) in [6.45, 7) is 8.13. The lowest BCUT2D eigenvalue weighted by atomic mass is 9.93. The van der Waals surface area contributed by atoms with Crippen molar-refractivity contribution in [2.24, 2.45) is 0 Å². The van der Waals surface area contributed by atoms with E-state index in [1.807, 2.05) is 4.68 Å². The van der Waals surface area contributed by atoms with E-state index in [9.17, 15) is 0 Å². The Morgan fingerprint density at radius 2 is 1.74 bits per heavy atom. The van der Waals surface area contributed by atoms with Crippen LogP contribution < -0.4 is 0 Å². The molecule has 0 amide bonds. The van der Waals surface area contributed by atoms with Crippen LogP contribution in [0, 0.1) is 6.92 Å². The van der Waals surface area contributed by atoms with Gasteiger partial charge in [0.25, 0.3) is 0 Å². The molecule has 2 aliphatic heterocycles. The van der Waals surface area contributed by atoms with Gasteiger partial charge in [-0.25, -0.2) is 4.68 Å². The topological polar surface area (TPSA) is 59.3 Å². The van der Waals surface area contributed by atoms with E-state index in [4.69, 9.17) is 4.74 Å². The van der Waals surface area contributed by atoms with Crippen LogP contribution in [0.4, 0.5) is 0 Å². The molecule has 1 aliphatic carbocycles. The third-order valence-corrected chi connectivity index (χ3v) is 7.40. The summed E-state index contributed by atoms with van der Waals surface area (Å²) < 4.78 is 7.87. The fourth-order valence-corrected chi connectivity index (χ4v) is 5.60. The summed E-state index contributed by atoms with van der Waals surface area (Å²) in [5.74, 6) is 0.950. The molecular formula is C24H36N6O. The second-order valence-corrected chi connectivity index (χ2v) is 9.53. The Bertz CT molecular complexity index is 817. The highest BCUT2D eigenvalue weighted by Crippen LogP contribution is 2.31. The molecule has 1 aromatic heterocycles. The number of tetrazole rings is 1. The Kier molecular flexibility index (Phi) is 6.62. The number of aromatic nitrogens is 4. The van der Waals surface area contributed by atoms with Gasteiger partial charge >= 0.3 is 0 Å². The summed E-state index contributed by atoms with van der Waals surface area (Å²) >= 11 is 0. The zero-order valence-corrected chi connectivity index (χ0v) is 18.8. The van der Waals surface area contributed by atoms with E-state index in [0.29, 0.717) is 0 Å². The zero-order valence-electron chi connectivity index (χ0n) is 18.8. The molecule has 168 valence electrons. The van der Waals surface area contributed by atoms with Crippen molar-refractivity contribution in [2.75, 3.05) is 32.8 Å². The van der Waals surface area contributed by atoms with E-state index >= 15 is 0 Å². The van der Waals surface area contributed by atoms with E-state index < -0.39 is 0 Å². The molecule has 31 heavy (non-hydrogen) atoms. The normalized spacial score (nSPS) is 25.1. The van der Waals surface area contributed by atoms with Gasteiger partial charge in [0.1, 0.15) is 0 Å². The predicted octanol–water partition coefficient (Wildman–Crippen LogP) is 3.20. The van der Waals surface area contributed by atoms with E-state index in [1.54, 1.807) is 0 Å². The second-order valence-electron chi connectivity index (χ2n) is 9.53. The highest BCUT2D eigenvalue weighted by atomic mass is 16.5. The third-order valence-electron chi connectivity index (χ3n) is 7.40. The Labute approximate surface area is 185 Å². The molecule has 7 nitrogen and oxygen atoms in total. The SMILES string of the molecule is Cc1ccc([C@H](c2nnnn2C[C@@H]2CCCO2)N2CCN(C3CCCCC3)CC2)cc1. The van der Waals surface area contributed by atoms with E-state index in [-0.39, 0.29) is 12.1 Å². The Hall–Kier alpha value is -1.83. The van der Waals surface area contributed by atoms with E-state index in [2.05, 4.69) is 56.5 Å². The standard InChI is InChI=1S/C24H36N6O/c1-19-9-11-20(12-10-19)23(24-25-26-27-30(24)18-22-8-5-17-31-22)29-15-13-28(14-16-29)21-6-3-2-4-7-21/h9-12,21-23H,2-8,13-18H2,1H3/t22-,23+/m0/s1. The first-order valence-electron chi connectivity index (χ1n) is 12.2. The number of hydrogen-bond donors (Lipinski definition) is 0. The van der Waals surface area contributed by atoms with Crippen LogP contribution in [0.15, 0.2) is 24.3 Å². The van der Waals surface area contributed by atoms with Gasteiger partial charge in [-0.1, -0.05) is 49.1 Å². The van der Waals surface area contributed by atoms with Gasteiger partial charge in [-0.05, 0) is 48.6 Å². The van der Waals surface area contributed by atoms with Crippen molar-refractivity contribution >= 4 is 0 Å². The van der Waals surface area contributed by atoms with Crippen molar-refractivity contribution < 1.29 is 4.74 Å². The van der Waals surface area contributed by atoms with Gasteiger partial charge in [-0.2, -0.15) is 0 Å². The molecule has 2 aromatic rings. The quantitative estimate of drug-likeness (QED) is 0.710. The Balaban J connectivity index is 1.36.